The standard InChI is InChI=1S/C26H20F6N2O2/c1-14-2-4-16-13-34(25(36)19-6-5-17(27)12-21(19)28)9-8-18(16)24(14)33-23(35)11-15-3-7-20(22(29)10-15)26(30,31)32/h2-7,10,12H,8-9,11,13H2,1H3,(H,33,35). The van der Waals surface area contributed by atoms with Crippen LogP contribution in [0.2, 0.25) is 0 Å². The Morgan fingerprint density at radius 2 is 1.72 bits per heavy atom. The van der Waals surface area contributed by atoms with Crippen LogP contribution in [-0.2, 0) is 30.4 Å². The van der Waals surface area contributed by atoms with E-state index in [-0.39, 0.29) is 30.6 Å². The minimum Gasteiger partial charge on any atom is -0.334 e. The van der Waals surface area contributed by atoms with Crippen molar-refractivity contribution < 1.29 is 35.9 Å². The summed E-state index contributed by atoms with van der Waals surface area (Å²) in [6.45, 7) is 2.12. The quantitative estimate of drug-likeness (QED) is 0.454. The van der Waals surface area contributed by atoms with Crippen LogP contribution in [0.3, 0.4) is 0 Å². The molecule has 0 fully saturated rings. The second kappa shape index (κ2) is 9.67. The summed E-state index contributed by atoms with van der Waals surface area (Å²) in [5.74, 6) is -4.33. The lowest BCUT2D eigenvalue weighted by Crippen LogP contribution is -2.37. The Bertz CT molecular complexity index is 1350. The molecule has 3 aromatic rings. The summed E-state index contributed by atoms with van der Waals surface area (Å²) in [5.41, 5.74) is 1.15. The van der Waals surface area contributed by atoms with E-state index in [4.69, 9.17) is 0 Å². The van der Waals surface area contributed by atoms with E-state index in [1.807, 2.05) is 0 Å². The molecule has 0 saturated heterocycles. The zero-order chi connectivity index (χ0) is 26.2. The van der Waals surface area contributed by atoms with Crippen LogP contribution < -0.4 is 5.32 Å². The number of nitrogens with one attached hydrogen (secondary N) is 1. The number of hydrogen-bond donors (Lipinski definition) is 1. The topological polar surface area (TPSA) is 49.4 Å². The van der Waals surface area contributed by atoms with Gasteiger partial charge in [0.05, 0.1) is 17.5 Å². The number of aryl methyl sites for hydroxylation is 1. The average molecular weight is 506 g/mol. The lowest BCUT2D eigenvalue weighted by atomic mass is 9.94. The smallest absolute Gasteiger partial charge is 0.334 e. The van der Waals surface area contributed by atoms with Gasteiger partial charge in [0.15, 0.2) is 0 Å². The summed E-state index contributed by atoms with van der Waals surface area (Å²) in [6.07, 6.45) is -4.83. The van der Waals surface area contributed by atoms with Crippen molar-refractivity contribution in [3.05, 3.63) is 99.4 Å². The molecule has 1 aliphatic rings. The normalized spacial score (nSPS) is 13.4. The average Bonchev–Trinajstić information content (AvgIpc) is 2.79. The van der Waals surface area contributed by atoms with E-state index in [0.29, 0.717) is 30.3 Å². The first-order valence-electron chi connectivity index (χ1n) is 10.9. The monoisotopic (exact) mass is 506 g/mol. The molecule has 2 amide bonds. The third-order valence-electron chi connectivity index (χ3n) is 6.03. The number of carbonyl (C=O) groups is 2. The van der Waals surface area contributed by atoms with Gasteiger partial charge in [0.25, 0.3) is 5.91 Å². The van der Waals surface area contributed by atoms with E-state index >= 15 is 0 Å². The van der Waals surface area contributed by atoms with E-state index in [2.05, 4.69) is 5.32 Å². The first kappa shape index (κ1) is 25.3. The molecule has 3 aromatic carbocycles. The molecule has 1 aliphatic heterocycles. The van der Waals surface area contributed by atoms with E-state index in [1.165, 1.54) is 4.90 Å². The van der Waals surface area contributed by atoms with Crippen LogP contribution in [0, 0.1) is 24.4 Å². The summed E-state index contributed by atoms with van der Waals surface area (Å²) in [5, 5.41) is 2.75. The van der Waals surface area contributed by atoms with Crippen LogP contribution in [0.1, 0.15) is 38.2 Å². The van der Waals surface area contributed by atoms with Crippen LogP contribution in [0.25, 0.3) is 0 Å². The lowest BCUT2D eigenvalue weighted by Gasteiger charge is -2.31. The summed E-state index contributed by atoms with van der Waals surface area (Å²) in [6, 6.07) is 8.60. The van der Waals surface area contributed by atoms with Crippen LogP contribution in [0.4, 0.5) is 32.0 Å². The molecular weight excluding hydrogens is 486 g/mol. The van der Waals surface area contributed by atoms with Gasteiger partial charge in [0.1, 0.15) is 17.5 Å². The highest BCUT2D eigenvalue weighted by Gasteiger charge is 2.34. The van der Waals surface area contributed by atoms with E-state index < -0.39 is 41.0 Å². The van der Waals surface area contributed by atoms with Gasteiger partial charge in [0.2, 0.25) is 5.91 Å². The number of hydrogen-bond acceptors (Lipinski definition) is 2. The first-order chi connectivity index (χ1) is 16.9. The number of rotatable bonds is 4. The molecule has 188 valence electrons. The molecule has 1 N–H and O–H groups in total. The molecule has 36 heavy (non-hydrogen) atoms. The number of halogens is 6. The van der Waals surface area contributed by atoms with Crippen molar-refractivity contribution >= 4 is 17.5 Å². The molecule has 0 atom stereocenters. The Labute approximate surface area is 202 Å². The van der Waals surface area contributed by atoms with Gasteiger partial charge < -0.3 is 10.2 Å². The summed E-state index contributed by atoms with van der Waals surface area (Å²) < 4.78 is 79.4. The van der Waals surface area contributed by atoms with Gasteiger partial charge in [-0.1, -0.05) is 18.2 Å². The SMILES string of the molecule is Cc1ccc2c(c1NC(=O)Cc1ccc(C(F)(F)F)c(F)c1)CCN(C(=O)c1ccc(F)cc1F)C2. The number of carbonyl (C=O) groups excluding carboxylic acids is 2. The Kier molecular flexibility index (Phi) is 6.79. The number of anilines is 1. The molecule has 0 radical (unpaired) electrons. The fraction of sp³-hybridized carbons (Fsp3) is 0.231. The Morgan fingerprint density at radius 3 is 2.39 bits per heavy atom. The summed E-state index contributed by atoms with van der Waals surface area (Å²) in [4.78, 5) is 26.8. The molecule has 0 saturated carbocycles. The highest BCUT2D eigenvalue weighted by molar-refractivity contribution is 5.96. The van der Waals surface area contributed by atoms with Crippen molar-refractivity contribution in [3.63, 3.8) is 0 Å². The van der Waals surface area contributed by atoms with Crippen LogP contribution >= 0.6 is 0 Å². The predicted molar refractivity (Wildman–Crippen MR) is 120 cm³/mol. The minimum atomic E-state index is -4.83. The highest BCUT2D eigenvalue weighted by Crippen LogP contribution is 2.33. The molecule has 1 heterocycles. The Morgan fingerprint density at radius 1 is 0.972 bits per heavy atom. The lowest BCUT2D eigenvalue weighted by molar-refractivity contribution is -0.140. The maximum absolute atomic E-state index is 14.1. The first-order valence-corrected chi connectivity index (χ1v) is 10.9. The molecular formula is C26H20F6N2O2. The zero-order valence-electron chi connectivity index (χ0n) is 19.0. The predicted octanol–water partition coefficient (Wildman–Crippen LogP) is 5.81. The number of fused-ring (bicyclic) bond motifs is 1. The van der Waals surface area contributed by atoms with Gasteiger partial charge in [-0.2, -0.15) is 13.2 Å². The fourth-order valence-corrected chi connectivity index (χ4v) is 4.22. The van der Waals surface area contributed by atoms with E-state index in [0.717, 1.165) is 34.9 Å². The second-order valence-electron chi connectivity index (χ2n) is 8.53. The molecule has 0 unspecified atom stereocenters. The van der Waals surface area contributed by atoms with Gasteiger partial charge in [-0.25, -0.2) is 13.2 Å². The maximum Gasteiger partial charge on any atom is 0.419 e. The second-order valence-corrected chi connectivity index (χ2v) is 8.53. The van der Waals surface area contributed by atoms with Crippen molar-refractivity contribution in [3.8, 4) is 0 Å². The van der Waals surface area contributed by atoms with Gasteiger partial charge in [-0.15, -0.1) is 0 Å². The number of nitrogens with zero attached hydrogens (tertiary/aromatic N) is 1. The zero-order valence-corrected chi connectivity index (χ0v) is 19.0. The summed E-state index contributed by atoms with van der Waals surface area (Å²) >= 11 is 0. The Balaban J connectivity index is 1.50. The largest absolute Gasteiger partial charge is 0.419 e. The van der Waals surface area contributed by atoms with Crippen LogP contribution in [-0.4, -0.2) is 23.3 Å². The molecule has 0 aromatic heterocycles. The number of benzene rings is 3. The van der Waals surface area contributed by atoms with Gasteiger partial charge in [-0.3, -0.25) is 9.59 Å². The summed E-state index contributed by atoms with van der Waals surface area (Å²) in [7, 11) is 0. The van der Waals surface area contributed by atoms with Crippen molar-refractivity contribution in [1.82, 2.24) is 4.90 Å². The molecule has 0 bridgehead atoms. The van der Waals surface area contributed by atoms with Gasteiger partial charge in [-0.05, 0) is 59.9 Å². The van der Waals surface area contributed by atoms with Crippen molar-refractivity contribution in [2.45, 2.75) is 32.5 Å². The Hall–Kier alpha value is -3.82. The number of alkyl halides is 3. The molecule has 4 nitrogen and oxygen atoms in total. The van der Waals surface area contributed by atoms with E-state index in [9.17, 15) is 35.9 Å². The maximum atomic E-state index is 14.1. The fourth-order valence-electron chi connectivity index (χ4n) is 4.22. The molecule has 0 spiro atoms. The third kappa shape index (κ3) is 5.22. The minimum absolute atomic E-state index is 0.0820. The molecule has 10 heteroatoms. The van der Waals surface area contributed by atoms with Crippen molar-refractivity contribution in [2.75, 3.05) is 11.9 Å². The third-order valence-corrected chi connectivity index (χ3v) is 6.03. The number of amides is 2. The van der Waals surface area contributed by atoms with Crippen molar-refractivity contribution in [1.29, 1.82) is 0 Å². The van der Waals surface area contributed by atoms with E-state index in [1.54, 1.807) is 19.1 Å². The van der Waals surface area contributed by atoms with Crippen molar-refractivity contribution in [2.24, 2.45) is 0 Å². The van der Waals surface area contributed by atoms with Crippen LogP contribution in [0.5, 0.6) is 0 Å². The molecule has 4 rings (SSSR count). The molecule has 0 aliphatic carbocycles. The van der Waals surface area contributed by atoms with Crippen LogP contribution in [0.15, 0.2) is 48.5 Å². The highest BCUT2D eigenvalue weighted by atomic mass is 19.4. The van der Waals surface area contributed by atoms with Gasteiger partial charge in [0, 0.05) is 24.8 Å². The van der Waals surface area contributed by atoms with Gasteiger partial charge >= 0.3 is 6.18 Å².